The summed E-state index contributed by atoms with van der Waals surface area (Å²) in [5, 5.41) is 10.1. The van der Waals surface area contributed by atoms with Gasteiger partial charge in [0.05, 0.1) is 12.1 Å². The monoisotopic (exact) mass is 461 g/mol. The van der Waals surface area contributed by atoms with Gasteiger partial charge in [-0.2, -0.15) is 0 Å². The smallest absolute Gasteiger partial charge is 0.493 e. The third-order valence-corrected chi connectivity index (χ3v) is 6.16. The molecule has 0 saturated heterocycles. The number of aryl methyl sites for hydroxylation is 4. The zero-order valence-corrected chi connectivity index (χ0v) is 19.8. The van der Waals surface area contributed by atoms with Gasteiger partial charge in [0.1, 0.15) is 11.6 Å². The van der Waals surface area contributed by atoms with Gasteiger partial charge in [-0.3, -0.25) is 0 Å². The van der Waals surface area contributed by atoms with Crippen molar-refractivity contribution in [1.29, 1.82) is 0 Å². The molecule has 3 aromatic carbocycles. The molecule has 6 heteroatoms. The van der Waals surface area contributed by atoms with Crippen LogP contribution in [0.3, 0.4) is 0 Å². The van der Waals surface area contributed by atoms with Crippen molar-refractivity contribution < 1.29 is 23.8 Å². The topological polar surface area (TPSA) is 71.6 Å². The first-order chi connectivity index (χ1) is 16.2. The zero-order valence-electron chi connectivity index (χ0n) is 19.8. The Morgan fingerprint density at radius 1 is 1.00 bits per heavy atom. The molecule has 0 spiro atoms. The molecule has 0 aliphatic rings. The third-order valence-electron chi connectivity index (χ3n) is 6.16. The molecule has 0 fully saturated rings. The van der Waals surface area contributed by atoms with Crippen LogP contribution in [0.25, 0.3) is 22.0 Å². The second-order valence-corrected chi connectivity index (χ2v) is 8.64. The minimum atomic E-state index is -1.38. The number of aromatic nitrogens is 1. The van der Waals surface area contributed by atoms with Gasteiger partial charge in [0, 0.05) is 16.5 Å². The summed E-state index contributed by atoms with van der Waals surface area (Å²) in [5.74, 6) is 0.777. The van der Waals surface area contributed by atoms with Crippen molar-refractivity contribution in [3.63, 3.8) is 0 Å². The van der Waals surface area contributed by atoms with Crippen molar-refractivity contribution in [3.8, 4) is 22.8 Å². The van der Waals surface area contributed by atoms with E-state index in [2.05, 4.69) is 18.0 Å². The van der Waals surface area contributed by atoms with E-state index in [-0.39, 0.29) is 11.7 Å². The molecule has 5 nitrogen and oxygen atoms in total. The first-order valence-electron chi connectivity index (χ1n) is 11.3. The van der Waals surface area contributed by atoms with E-state index in [1.165, 1.54) is 17.7 Å². The summed E-state index contributed by atoms with van der Waals surface area (Å²) in [6, 6.07) is 14.6. The third kappa shape index (κ3) is 4.76. The van der Waals surface area contributed by atoms with Gasteiger partial charge in [0.2, 0.25) is 5.88 Å². The molecule has 0 radical (unpaired) electrons. The maximum absolute atomic E-state index is 13.6. The number of nitrogens with one attached hydrogen (secondary N) is 1. The van der Waals surface area contributed by atoms with Gasteiger partial charge in [-0.25, -0.2) is 9.18 Å². The van der Waals surface area contributed by atoms with E-state index in [1.54, 1.807) is 6.07 Å². The van der Waals surface area contributed by atoms with Crippen LogP contribution in [0.2, 0.25) is 0 Å². The summed E-state index contributed by atoms with van der Waals surface area (Å²) in [6.45, 7) is 8.49. The molecule has 1 aromatic heterocycles. The van der Waals surface area contributed by atoms with E-state index in [9.17, 15) is 14.3 Å². The second kappa shape index (κ2) is 9.59. The number of halogens is 1. The van der Waals surface area contributed by atoms with Crippen LogP contribution >= 0.6 is 0 Å². The Bertz CT molecular complexity index is 1370. The fraction of sp³-hybridized carbons (Fsp3) is 0.250. The van der Waals surface area contributed by atoms with Crippen molar-refractivity contribution in [1.82, 2.24) is 4.98 Å². The molecule has 0 amide bonds. The number of aromatic amines is 1. The van der Waals surface area contributed by atoms with Crippen LogP contribution in [-0.2, 0) is 6.42 Å². The Morgan fingerprint density at radius 3 is 2.53 bits per heavy atom. The Kier molecular flexibility index (Phi) is 6.59. The number of carboxylic acid groups (broad SMARTS) is 1. The van der Waals surface area contributed by atoms with Crippen LogP contribution in [0.15, 0.2) is 48.5 Å². The van der Waals surface area contributed by atoms with Crippen molar-refractivity contribution in [2.24, 2.45) is 0 Å². The van der Waals surface area contributed by atoms with Crippen molar-refractivity contribution >= 4 is 17.1 Å². The first kappa shape index (κ1) is 23.4. The van der Waals surface area contributed by atoms with Gasteiger partial charge < -0.3 is 19.6 Å². The van der Waals surface area contributed by atoms with Crippen LogP contribution in [-0.4, -0.2) is 22.9 Å². The Balaban J connectivity index is 1.63. The number of H-pyrrole nitrogens is 1. The maximum atomic E-state index is 13.6. The highest BCUT2D eigenvalue weighted by Crippen LogP contribution is 2.37. The maximum Gasteiger partial charge on any atom is 0.512 e. The predicted octanol–water partition coefficient (Wildman–Crippen LogP) is 7.28. The van der Waals surface area contributed by atoms with Crippen LogP contribution in [0.4, 0.5) is 9.18 Å². The number of benzene rings is 3. The van der Waals surface area contributed by atoms with E-state index in [0.717, 1.165) is 50.0 Å². The highest BCUT2D eigenvalue weighted by Gasteiger charge is 2.19. The number of ether oxygens (including phenoxy) is 2. The van der Waals surface area contributed by atoms with Crippen molar-refractivity contribution in [2.45, 2.75) is 40.5 Å². The molecule has 4 rings (SSSR count). The number of hydrogen-bond acceptors (Lipinski definition) is 3. The lowest BCUT2D eigenvalue weighted by Crippen LogP contribution is -2.06. The van der Waals surface area contributed by atoms with Crippen molar-refractivity contribution in [2.75, 3.05) is 6.61 Å². The largest absolute Gasteiger partial charge is 0.512 e. The van der Waals surface area contributed by atoms with E-state index in [1.807, 2.05) is 45.0 Å². The lowest BCUT2D eigenvalue weighted by Gasteiger charge is -2.12. The quantitative estimate of drug-likeness (QED) is 0.224. The average molecular weight is 462 g/mol. The standard InChI is InChI=1S/C28H28FNO4/c1-16-13-17(2)19(4)25(14-16)33-12-6-9-24-23-8-5-7-22(21-11-10-20(29)15-18(21)3)26(23)30-27(24)34-28(31)32/h5,7-8,10-11,13-15,30H,6,9,12H2,1-4H3,(H,31,32). The van der Waals surface area contributed by atoms with Crippen LogP contribution in [0.1, 0.15) is 34.2 Å². The Hall–Kier alpha value is -3.80. The van der Waals surface area contributed by atoms with E-state index in [4.69, 9.17) is 9.47 Å². The number of fused-ring (bicyclic) bond motifs is 1. The summed E-state index contributed by atoms with van der Waals surface area (Å²) < 4.78 is 24.8. The Morgan fingerprint density at radius 2 is 1.79 bits per heavy atom. The normalized spacial score (nSPS) is 11.1. The molecule has 4 aromatic rings. The molecule has 176 valence electrons. The van der Waals surface area contributed by atoms with E-state index in [0.29, 0.717) is 19.4 Å². The predicted molar refractivity (Wildman–Crippen MR) is 132 cm³/mol. The molecule has 34 heavy (non-hydrogen) atoms. The summed E-state index contributed by atoms with van der Waals surface area (Å²) in [4.78, 5) is 14.5. The number of rotatable bonds is 7. The van der Waals surface area contributed by atoms with Crippen LogP contribution in [0, 0.1) is 33.5 Å². The van der Waals surface area contributed by atoms with Gasteiger partial charge >= 0.3 is 6.16 Å². The zero-order chi connectivity index (χ0) is 24.4. The molecule has 1 heterocycles. The van der Waals surface area contributed by atoms with Crippen LogP contribution < -0.4 is 9.47 Å². The summed E-state index contributed by atoms with van der Waals surface area (Å²) >= 11 is 0. The van der Waals surface area contributed by atoms with Gasteiger partial charge in [-0.1, -0.05) is 30.3 Å². The van der Waals surface area contributed by atoms with E-state index >= 15 is 0 Å². The van der Waals surface area contributed by atoms with Gasteiger partial charge in [0.15, 0.2) is 0 Å². The summed E-state index contributed by atoms with van der Waals surface area (Å²) in [6.07, 6.45) is -0.137. The fourth-order valence-corrected chi connectivity index (χ4v) is 4.41. The molecule has 0 atom stereocenters. The first-order valence-corrected chi connectivity index (χ1v) is 11.3. The lowest BCUT2D eigenvalue weighted by atomic mass is 9.97. The molecule has 0 aliphatic carbocycles. The van der Waals surface area contributed by atoms with Gasteiger partial charge in [-0.15, -0.1) is 0 Å². The lowest BCUT2D eigenvalue weighted by molar-refractivity contribution is 0.142. The molecule has 0 aliphatic heterocycles. The molecule has 0 bridgehead atoms. The molecule has 0 saturated carbocycles. The number of hydrogen-bond donors (Lipinski definition) is 2. The minimum absolute atomic E-state index is 0.206. The molecule has 0 unspecified atom stereocenters. The summed E-state index contributed by atoms with van der Waals surface area (Å²) in [5.41, 5.74) is 7.51. The fourth-order valence-electron chi connectivity index (χ4n) is 4.41. The minimum Gasteiger partial charge on any atom is -0.493 e. The molecular weight excluding hydrogens is 433 g/mol. The summed E-state index contributed by atoms with van der Waals surface area (Å²) in [7, 11) is 0. The average Bonchev–Trinajstić information content (AvgIpc) is 3.11. The van der Waals surface area contributed by atoms with Crippen molar-refractivity contribution in [3.05, 3.63) is 82.2 Å². The SMILES string of the molecule is Cc1cc(C)c(C)c(OCCCc2c(OC(=O)O)[nH]c3c(-c4ccc(F)cc4C)cccc23)c1. The number of para-hydroxylation sites is 1. The highest BCUT2D eigenvalue weighted by molar-refractivity contribution is 5.98. The molecule has 2 N–H and O–H groups in total. The van der Waals surface area contributed by atoms with Crippen LogP contribution in [0.5, 0.6) is 11.6 Å². The number of carbonyl (C=O) groups is 1. The molecular formula is C28H28FNO4. The van der Waals surface area contributed by atoms with E-state index < -0.39 is 6.16 Å². The van der Waals surface area contributed by atoms with Gasteiger partial charge in [-0.05, 0) is 86.6 Å². The second-order valence-electron chi connectivity index (χ2n) is 8.64. The highest BCUT2D eigenvalue weighted by atomic mass is 19.1. The van der Waals surface area contributed by atoms with Gasteiger partial charge in [0.25, 0.3) is 0 Å². The Labute approximate surface area is 198 Å².